The fourth-order valence-electron chi connectivity index (χ4n) is 3.94. The van der Waals surface area contributed by atoms with E-state index in [0.717, 1.165) is 44.9 Å². The molecule has 3 aliphatic rings. The normalized spacial score (nSPS) is 31.0. The summed E-state index contributed by atoms with van der Waals surface area (Å²) in [7, 11) is 0. The SMILES string of the molecule is O=C(c1ccco1)N1CC[C@@H]2OCCC[C@]2(COCC2CC2)C1. The highest BCUT2D eigenvalue weighted by atomic mass is 16.5. The number of amides is 1. The molecule has 5 nitrogen and oxygen atoms in total. The maximum absolute atomic E-state index is 12.6. The Hall–Kier alpha value is -1.33. The zero-order valence-electron chi connectivity index (χ0n) is 13.5. The van der Waals surface area contributed by atoms with Crippen LogP contribution < -0.4 is 0 Å². The van der Waals surface area contributed by atoms with Gasteiger partial charge in [0.1, 0.15) is 0 Å². The molecule has 0 radical (unpaired) electrons. The van der Waals surface area contributed by atoms with Crippen LogP contribution in [-0.2, 0) is 9.47 Å². The second kappa shape index (κ2) is 6.29. The molecular formula is C18H25NO4. The maximum atomic E-state index is 12.6. The van der Waals surface area contributed by atoms with Gasteiger partial charge in [-0.3, -0.25) is 4.79 Å². The zero-order valence-corrected chi connectivity index (χ0v) is 13.5. The molecule has 5 heteroatoms. The van der Waals surface area contributed by atoms with Crippen molar-refractivity contribution in [3.05, 3.63) is 24.2 Å². The lowest BCUT2D eigenvalue weighted by Gasteiger charge is -2.50. The molecule has 1 amide bonds. The molecule has 0 bridgehead atoms. The van der Waals surface area contributed by atoms with Crippen molar-refractivity contribution in [3.63, 3.8) is 0 Å². The Labute approximate surface area is 136 Å². The van der Waals surface area contributed by atoms with Gasteiger partial charge in [0.15, 0.2) is 5.76 Å². The van der Waals surface area contributed by atoms with E-state index in [1.165, 1.54) is 12.8 Å². The first-order valence-corrected chi connectivity index (χ1v) is 8.79. The van der Waals surface area contributed by atoms with Gasteiger partial charge in [-0.05, 0) is 50.2 Å². The Morgan fingerprint density at radius 1 is 1.39 bits per heavy atom. The molecule has 0 N–H and O–H groups in total. The summed E-state index contributed by atoms with van der Waals surface area (Å²) in [6.45, 7) is 3.84. The molecule has 2 aliphatic heterocycles. The molecule has 3 heterocycles. The van der Waals surface area contributed by atoms with Crippen molar-refractivity contribution >= 4 is 5.91 Å². The third kappa shape index (κ3) is 3.17. The predicted octanol–water partition coefficient (Wildman–Crippen LogP) is 2.72. The number of ether oxygens (including phenoxy) is 2. The van der Waals surface area contributed by atoms with Crippen LogP contribution in [0.5, 0.6) is 0 Å². The third-order valence-electron chi connectivity index (χ3n) is 5.45. The van der Waals surface area contributed by atoms with Crippen LogP contribution in [0.1, 0.15) is 42.7 Å². The quantitative estimate of drug-likeness (QED) is 0.837. The summed E-state index contributed by atoms with van der Waals surface area (Å²) in [6, 6.07) is 3.50. The van der Waals surface area contributed by atoms with Crippen LogP contribution in [0.15, 0.2) is 22.8 Å². The molecule has 4 rings (SSSR count). The van der Waals surface area contributed by atoms with Gasteiger partial charge in [0.25, 0.3) is 5.91 Å². The molecule has 3 fully saturated rings. The van der Waals surface area contributed by atoms with Crippen molar-refractivity contribution in [2.24, 2.45) is 11.3 Å². The summed E-state index contributed by atoms with van der Waals surface area (Å²) in [5.74, 6) is 1.17. The van der Waals surface area contributed by atoms with E-state index in [0.29, 0.717) is 18.9 Å². The molecule has 1 aromatic rings. The van der Waals surface area contributed by atoms with Crippen LogP contribution in [0.3, 0.4) is 0 Å². The van der Waals surface area contributed by atoms with Crippen molar-refractivity contribution in [1.29, 1.82) is 0 Å². The standard InChI is InChI=1S/C18H25NO4/c20-17(15-3-1-9-22-15)19-8-6-16-18(12-19,7-2-10-23-16)13-21-11-14-4-5-14/h1,3,9,14,16H,2,4-8,10-13H2/t16-,18+/m0/s1. The number of furan rings is 1. The highest BCUT2D eigenvalue weighted by Crippen LogP contribution is 2.41. The van der Waals surface area contributed by atoms with E-state index in [1.54, 1.807) is 18.4 Å². The first-order chi connectivity index (χ1) is 11.3. The van der Waals surface area contributed by atoms with Crippen LogP contribution in [0, 0.1) is 11.3 Å². The first kappa shape index (κ1) is 15.2. The summed E-state index contributed by atoms with van der Waals surface area (Å²) < 4.78 is 17.4. The fraction of sp³-hybridized carbons (Fsp3) is 0.722. The van der Waals surface area contributed by atoms with Gasteiger partial charge < -0.3 is 18.8 Å². The second-order valence-electron chi connectivity index (χ2n) is 7.28. The van der Waals surface area contributed by atoms with Gasteiger partial charge in [-0.25, -0.2) is 0 Å². The van der Waals surface area contributed by atoms with Crippen molar-refractivity contribution in [2.75, 3.05) is 32.9 Å². The summed E-state index contributed by atoms with van der Waals surface area (Å²) >= 11 is 0. The number of hydrogen-bond acceptors (Lipinski definition) is 4. The van der Waals surface area contributed by atoms with E-state index in [9.17, 15) is 4.79 Å². The monoisotopic (exact) mass is 319 g/mol. The molecule has 0 aromatic carbocycles. The molecular weight excluding hydrogens is 294 g/mol. The summed E-state index contributed by atoms with van der Waals surface area (Å²) in [4.78, 5) is 14.5. The number of hydrogen-bond donors (Lipinski definition) is 0. The molecule has 1 saturated carbocycles. The Morgan fingerprint density at radius 2 is 2.30 bits per heavy atom. The number of carbonyl (C=O) groups excluding carboxylic acids is 1. The molecule has 1 aliphatic carbocycles. The van der Waals surface area contributed by atoms with Crippen molar-refractivity contribution < 1.29 is 18.7 Å². The van der Waals surface area contributed by atoms with Gasteiger partial charge >= 0.3 is 0 Å². The van der Waals surface area contributed by atoms with Crippen LogP contribution in [-0.4, -0.2) is 49.8 Å². The molecule has 2 saturated heterocycles. The molecule has 2 atom stereocenters. The lowest BCUT2D eigenvalue weighted by molar-refractivity contribution is -0.147. The van der Waals surface area contributed by atoms with E-state index >= 15 is 0 Å². The molecule has 1 aromatic heterocycles. The van der Waals surface area contributed by atoms with E-state index < -0.39 is 0 Å². The number of piperidine rings is 1. The lowest BCUT2D eigenvalue weighted by Crippen LogP contribution is -2.58. The summed E-state index contributed by atoms with van der Waals surface area (Å²) in [6.07, 6.45) is 7.39. The third-order valence-corrected chi connectivity index (χ3v) is 5.45. The summed E-state index contributed by atoms with van der Waals surface area (Å²) in [5.41, 5.74) is -0.0480. The van der Waals surface area contributed by atoms with Crippen LogP contribution >= 0.6 is 0 Å². The minimum atomic E-state index is -0.0480. The van der Waals surface area contributed by atoms with Crippen LogP contribution in [0.4, 0.5) is 0 Å². The smallest absolute Gasteiger partial charge is 0.289 e. The number of carbonyl (C=O) groups is 1. The van der Waals surface area contributed by atoms with Crippen molar-refractivity contribution in [1.82, 2.24) is 4.90 Å². The van der Waals surface area contributed by atoms with E-state index in [4.69, 9.17) is 13.9 Å². The summed E-state index contributed by atoms with van der Waals surface area (Å²) in [5, 5.41) is 0. The average Bonchev–Trinajstić information content (AvgIpc) is 3.24. The maximum Gasteiger partial charge on any atom is 0.289 e. The van der Waals surface area contributed by atoms with Crippen molar-refractivity contribution in [2.45, 2.75) is 38.2 Å². The van der Waals surface area contributed by atoms with Gasteiger partial charge in [0, 0.05) is 31.7 Å². The Bertz CT molecular complexity index is 539. The largest absolute Gasteiger partial charge is 0.459 e. The molecule has 0 spiro atoms. The highest BCUT2D eigenvalue weighted by molar-refractivity contribution is 5.91. The fourth-order valence-corrected chi connectivity index (χ4v) is 3.94. The van der Waals surface area contributed by atoms with Gasteiger partial charge in [-0.1, -0.05) is 0 Å². The van der Waals surface area contributed by atoms with Gasteiger partial charge in [0.05, 0.1) is 19.0 Å². The van der Waals surface area contributed by atoms with Crippen LogP contribution in [0.2, 0.25) is 0 Å². The van der Waals surface area contributed by atoms with Crippen LogP contribution in [0.25, 0.3) is 0 Å². The number of rotatable bonds is 5. The number of fused-ring (bicyclic) bond motifs is 1. The number of nitrogens with zero attached hydrogens (tertiary/aromatic N) is 1. The lowest BCUT2D eigenvalue weighted by atomic mass is 9.73. The minimum Gasteiger partial charge on any atom is -0.459 e. The van der Waals surface area contributed by atoms with Crippen molar-refractivity contribution in [3.8, 4) is 0 Å². The Balaban J connectivity index is 1.46. The highest BCUT2D eigenvalue weighted by Gasteiger charge is 2.47. The minimum absolute atomic E-state index is 0.0133. The van der Waals surface area contributed by atoms with Gasteiger partial charge in [0.2, 0.25) is 0 Å². The molecule has 23 heavy (non-hydrogen) atoms. The Morgan fingerprint density at radius 3 is 3.09 bits per heavy atom. The second-order valence-corrected chi connectivity index (χ2v) is 7.28. The van der Waals surface area contributed by atoms with Gasteiger partial charge in [-0.15, -0.1) is 0 Å². The average molecular weight is 319 g/mol. The van der Waals surface area contributed by atoms with E-state index in [1.807, 2.05) is 4.90 Å². The topological polar surface area (TPSA) is 51.9 Å². The predicted molar refractivity (Wildman–Crippen MR) is 84.2 cm³/mol. The van der Waals surface area contributed by atoms with E-state index in [-0.39, 0.29) is 17.4 Å². The van der Waals surface area contributed by atoms with E-state index in [2.05, 4.69) is 0 Å². The Kier molecular flexibility index (Phi) is 4.16. The molecule has 0 unspecified atom stereocenters. The molecule has 126 valence electrons. The van der Waals surface area contributed by atoms with Gasteiger partial charge in [-0.2, -0.15) is 0 Å². The number of likely N-dealkylation sites (tertiary alicyclic amines) is 1. The first-order valence-electron chi connectivity index (χ1n) is 8.79. The zero-order chi connectivity index (χ0) is 15.7.